The van der Waals surface area contributed by atoms with Crippen LogP contribution in [0, 0.1) is 28.6 Å². The molecule has 1 unspecified atom stereocenters. The number of alkyl halides is 1. The number of allylic oxidation sites excluding steroid dienone is 1. The number of rotatable bonds is 4. The fraction of sp³-hybridized carbons (Fsp3) is 0.750. The summed E-state index contributed by atoms with van der Waals surface area (Å²) in [6.45, 7) is 5.53. The molecule has 3 fully saturated rings. The maximum atomic E-state index is 13.1. The third kappa shape index (κ3) is 3.15. The average Bonchev–Trinajstić information content (AvgIpc) is 3.31. The molecule has 0 saturated heterocycles. The molecule has 4 aliphatic rings. The average molecular weight is 523 g/mol. The quantitative estimate of drug-likeness (QED) is 0.315. The molecule has 4 aliphatic carbocycles. The molecule has 5 nitrogen and oxygen atoms in total. The van der Waals surface area contributed by atoms with Crippen LogP contribution in [-0.4, -0.2) is 37.1 Å². The Balaban J connectivity index is 1.37. The van der Waals surface area contributed by atoms with Crippen molar-refractivity contribution in [3.8, 4) is 0 Å². The van der Waals surface area contributed by atoms with Gasteiger partial charge in [-0.2, -0.15) is 0 Å². The third-order valence-electron chi connectivity index (χ3n) is 9.35. The molecule has 0 amide bonds. The van der Waals surface area contributed by atoms with Gasteiger partial charge in [0.2, 0.25) is 0 Å². The second-order valence-corrected chi connectivity index (χ2v) is 12.6. The van der Waals surface area contributed by atoms with Gasteiger partial charge in [0.15, 0.2) is 5.78 Å². The number of aliphatic hydroxyl groups is 1. The minimum absolute atomic E-state index is 0.0773. The topological polar surface area (TPSA) is 78.0 Å². The van der Waals surface area contributed by atoms with E-state index < -0.39 is 3.55 Å². The molecule has 0 spiro atoms. The minimum Gasteiger partial charge on any atom is -0.393 e. The van der Waals surface area contributed by atoms with Crippen molar-refractivity contribution in [2.45, 2.75) is 74.9 Å². The van der Waals surface area contributed by atoms with Crippen LogP contribution in [0.5, 0.6) is 0 Å². The van der Waals surface area contributed by atoms with Crippen LogP contribution in [0.2, 0.25) is 0 Å². The van der Waals surface area contributed by atoms with Gasteiger partial charge >= 0.3 is 0 Å². The molecular weight excluding hydrogens is 489 g/mol. The lowest BCUT2D eigenvalue weighted by Gasteiger charge is -2.59. The molecule has 1 aromatic heterocycles. The van der Waals surface area contributed by atoms with Crippen LogP contribution in [0.1, 0.15) is 64.5 Å². The zero-order chi connectivity index (χ0) is 21.1. The Morgan fingerprint density at radius 1 is 1.27 bits per heavy atom. The van der Waals surface area contributed by atoms with Gasteiger partial charge in [-0.3, -0.25) is 10.1 Å². The zero-order valence-corrected chi connectivity index (χ0v) is 20.2. The highest BCUT2D eigenvalue weighted by Gasteiger charge is 2.61. The van der Waals surface area contributed by atoms with Gasteiger partial charge in [-0.15, -0.1) is 0 Å². The number of imidazole rings is 1. The van der Waals surface area contributed by atoms with Crippen molar-refractivity contribution in [1.82, 2.24) is 15.3 Å². The van der Waals surface area contributed by atoms with Crippen LogP contribution in [-0.2, 0) is 11.2 Å². The summed E-state index contributed by atoms with van der Waals surface area (Å²) in [5.41, 5.74) is 2.66. The summed E-state index contributed by atoms with van der Waals surface area (Å²) in [5, 5.41) is 14.3. The van der Waals surface area contributed by atoms with E-state index in [1.54, 1.807) is 6.33 Å². The van der Waals surface area contributed by atoms with E-state index in [-0.39, 0.29) is 22.7 Å². The van der Waals surface area contributed by atoms with E-state index in [4.69, 9.17) is 0 Å². The number of carbonyl (C=O) groups is 1. The van der Waals surface area contributed by atoms with Gasteiger partial charge in [-0.1, -0.05) is 42.0 Å². The van der Waals surface area contributed by atoms with Gasteiger partial charge in [0, 0.05) is 24.9 Å². The monoisotopic (exact) mass is 523 g/mol. The number of H-pyrrole nitrogens is 1. The van der Waals surface area contributed by atoms with Gasteiger partial charge in [-0.05, 0) is 79.6 Å². The second kappa shape index (κ2) is 7.41. The largest absolute Gasteiger partial charge is 0.393 e. The van der Waals surface area contributed by atoms with Crippen molar-refractivity contribution < 1.29 is 9.90 Å². The Labute approximate surface area is 193 Å². The summed E-state index contributed by atoms with van der Waals surface area (Å²) in [7, 11) is 0. The number of aliphatic hydroxyl groups excluding tert-OH is 1. The molecule has 0 aliphatic heterocycles. The lowest BCUT2D eigenvalue weighted by atomic mass is 9.47. The number of ketones is 1. The van der Waals surface area contributed by atoms with E-state index >= 15 is 0 Å². The number of fused-ring (bicyclic) bond motifs is 5. The minimum atomic E-state index is -0.534. The lowest BCUT2D eigenvalue weighted by molar-refractivity contribution is -0.121. The summed E-state index contributed by atoms with van der Waals surface area (Å²) in [6.07, 6.45) is 13.8. The fourth-order valence-corrected chi connectivity index (χ4v) is 8.83. The first-order valence-corrected chi connectivity index (χ1v) is 12.7. The summed E-state index contributed by atoms with van der Waals surface area (Å²) in [4.78, 5) is 20.4. The maximum absolute atomic E-state index is 13.1. The van der Waals surface area contributed by atoms with E-state index in [0.29, 0.717) is 17.8 Å². The first-order chi connectivity index (χ1) is 14.3. The highest BCUT2D eigenvalue weighted by atomic mass is 127. The third-order valence-corrected chi connectivity index (χ3v) is 10.6. The van der Waals surface area contributed by atoms with Crippen LogP contribution >= 0.6 is 22.6 Å². The van der Waals surface area contributed by atoms with Crippen LogP contribution in [0.25, 0.3) is 0 Å². The number of aromatic amines is 1. The lowest BCUT2D eigenvalue weighted by Crippen LogP contribution is -2.58. The van der Waals surface area contributed by atoms with Crippen LogP contribution in [0.4, 0.5) is 0 Å². The summed E-state index contributed by atoms with van der Waals surface area (Å²) in [6, 6.07) is 0. The SMILES string of the molecule is C[C@]12CC[C@H]3[C@@H](CCC4=CC(=O)C(I)(NCCc5cnc[nH]5)C[C@@]43C)[C@@H]1CC[C@@H]2O. The molecule has 30 heavy (non-hydrogen) atoms. The Kier molecular flexibility index (Phi) is 5.22. The molecular formula is C24H34IN3O2. The van der Waals surface area contributed by atoms with Crippen molar-refractivity contribution in [2.75, 3.05) is 6.54 Å². The van der Waals surface area contributed by atoms with E-state index in [9.17, 15) is 9.90 Å². The van der Waals surface area contributed by atoms with E-state index in [2.05, 4.69) is 51.7 Å². The standard InChI is InChI=1S/C24H34IN3O2/c1-22-9-7-19-17(18(22)5-6-20(22)29)4-3-15-11-21(30)24(25,13-23(15,19)2)28-10-8-16-12-26-14-27-16/h11-12,14,17-20,28-29H,3-10,13H2,1-2H3,(H,26,27)/t17-,18-,19-,20-,22-,23-,24?/m0/s1. The van der Waals surface area contributed by atoms with Gasteiger partial charge < -0.3 is 10.1 Å². The van der Waals surface area contributed by atoms with Crippen molar-refractivity contribution in [3.63, 3.8) is 0 Å². The Hall–Kier alpha value is -0.730. The van der Waals surface area contributed by atoms with Crippen molar-refractivity contribution in [2.24, 2.45) is 28.6 Å². The number of hydrogen-bond acceptors (Lipinski definition) is 4. The van der Waals surface area contributed by atoms with Gasteiger partial charge in [0.05, 0.1) is 12.4 Å². The Morgan fingerprint density at radius 2 is 2.10 bits per heavy atom. The fourth-order valence-electron chi connectivity index (χ4n) is 7.61. The molecule has 3 saturated carbocycles. The number of carbonyl (C=O) groups excluding carboxylic acids is 1. The molecule has 0 radical (unpaired) electrons. The molecule has 7 atom stereocenters. The number of nitrogens with zero attached hydrogens (tertiary/aromatic N) is 1. The van der Waals surface area contributed by atoms with Crippen molar-refractivity contribution >= 4 is 28.4 Å². The maximum Gasteiger partial charge on any atom is 0.185 e. The smallest absolute Gasteiger partial charge is 0.185 e. The van der Waals surface area contributed by atoms with Crippen LogP contribution < -0.4 is 5.32 Å². The second-order valence-electron chi connectivity index (χ2n) is 10.7. The highest BCUT2D eigenvalue weighted by molar-refractivity contribution is 14.1. The van der Waals surface area contributed by atoms with Crippen LogP contribution in [0.15, 0.2) is 24.2 Å². The van der Waals surface area contributed by atoms with E-state index in [0.717, 1.165) is 44.3 Å². The van der Waals surface area contributed by atoms with Crippen molar-refractivity contribution in [3.05, 3.63) is 29.9 Å². The number of nitrogens with one attached hydrogen (secondary N) is 2. The van der Waals surface area contributed by atoms with Gasteiger partial charge in [0.25, 0.3) is 0 Å². The predicted octanol–water partition coefficient (Wildman–Crippen LogP) is 4.18. The van der Waals surface area contributed by atoms with Gasteiger partial charge in [-0.25, -0.2) is 4.98 Å². The van der Waals surface area contributed by atoms with E-state index in [1.807, 2.05) is 12.3 Å². The Morgan fingerprint density at radius 3 is 2.87 bits per heavy atom. The summed E-state index contributed by atoms with van der Waals surface area (Å²) in [5.74, 6) is 2.18. The summed E-state index contributed by atoms with van der Waals surface area (Å²) < 4.78 is -0.534. The van der Waals surface area contributed by atoms with Gasteiger partial charge in [0.1, 0.15) is 3.55 Å². The van der Waals surface area contributed by atoms with Crippen molar-refractivity contribution in [1.29, 1.82) is 0 Å². The first-order valence-electron chi connectivity index (χ1n) is 11.6. The summed E-state index contributed by atoms with van der Waals surface area (Å²) >= 11 is 2.39. The number of hydrogen-bond donors (Lipinski definition) is 3. The molecule has 1 aromatic rings. The molecule has 6 heteroatoms. The first kappa shape index (κ1) is 21.1. The number of halogens is 1. The molecule has 0 aromatic carbocycles. The molecule has 5 rings (SSSR count). The highest BCUT2D eigenvalue weighted by Crippen LogP contribution is 2.66. The Bertz CT molecular complexity index is 855. The normalized spacial score (nSPS) is 45.5. The molecule has 3 N–H and O–H groups in total. The molecule has 0 bridgehead atoms. The predicted molar refractivity (Wildman–Crippen MR) is 125 cm³/mol. The van der Waals surface area contributed by atoms with E-state index in [1.165, 1.54) is 24.8 Å². The zero-order valence-electron chi connectivity index (χ0n) is 18.1. The number of aromatic nitrogens is 2. The van der Waals surface area contributed by atoms with Crippen LogP contribution in [0.3, 0.4) is 0 Å². The molecule has 1 heterocycles. The molecule has 164 valence electrons.